The molecule has 0 spiro atoms. The number of ether oxygens (including phenoxy) is 5. The van der Waals surface area contributed by atoms with Gasteiger partial charge in [0.1, 0.15) is 24.4 Å². The summed E-state index contributed by atoms with van der Waals surface area (Å²) < 4.78 is 28.0. The number of esters is 1. The molecule has 0 amide bonds. The van der Waals surface area contributed by atoms with Gasteiger partial charge in [0.25, 0.3) is 0 Å². The number of carbonyl (C=O) groups excluding carboxylic acids is 1. The smallest absolute Gasteiger partial charge is 0.306 e. The van der Waals surface area contributed by atoms with Crippen molar-refractivity contribution in [2.24, 2.45) is 5.92 Å². The Labute approximate surface area is 117 Å². The Morgan fingerprint density at radius 1 is 1.25 bits per heavy atom. The van der Waals surface area contributed by atoms with Crippen LogP contribution in [0.5, 0.6) is 0 Å². The monoisotopic (exact) mass is 288 g/mol. The van der Waals surface area contributed by atoms with E-state index >= 15 is 0 Å². The summed E-state index contributed by atoms with van der Waals surface area (Å²) in [5, 5.41) is 9.39. The normalized spacial score (nSPS) is 46.5. The molecule has 0 aromatic heterocycles. The number of carbonyl (C=O) groups is 1. The molecule has 0 aromatic rings. The van der Waals surface area contributed by atoms with Crippen LogP contribution in [0.1, 0.15) is 20.3 Å². The van der Waals surface area contributed by atoms with Crippen molar-refractivity contribution in [3.8, 4) is 0 Å². The van der Waals surface area contributed by atoms with Crippen molar-refractivity contribution in [3.63, 3.8) is 0 Å². The van der Waals surface area contributed by atoms with Crippen molar-refractivity contribution in [2.75, 3.05) is 13.7 Å². The van der Waals surface area contributed by atoms with Crippen LogP contribution >= 0.6 is 0 Å². The van der Waals surface area contributed by atoms with E-state index < -0.39 is 24.3 Å². The quantitative estimate of drug-likeness (QED) is 0.720. The molecule has 1 unspecified atom stereocenters. The number of aliphatic hydroxyl groups is 1. The van der Waals surface area contributed by atoms with E-state index in [0.29, 0.717) is 0 Å². The molecule has 0 aromatic carbocycles. The molecule has 6 atom stereocenters. The summed E-state index contributed by atoms with van der Waals surface area (Å²) in [4.78, 5) is 11.5. The van der Waals surface area contributed by atoms with Crippen LogP contribution in [0.4, 0.5) is 0 Å². The van der Waals surface area contributed by atoms with Gasteiger partial charge in [0.15, 0.2) is 12.1 Å². The third kappa shape index (κ3) is 2.23. The van der Waals surface area contributed by atoms with Gasteiger partial charge in [-0.15, -0.1) is 0 Å². The standard InChI is InChI=1S/C13H20O7/c1-13(2)19-10-9(18-12(16-3)11(10)20-13)8-6(5-14)4-7(15)17-8/h6,8-12,14H,4-5H2,1-3H3/t6?,8-,9-,10+,11+,12+/m1/s1. The number of aliphatic hydroxyl groups excluding tert-OH is 1. The maximum atomic E-state index is 11.5. The van der Waals surface area contributed by atoms with Crippen molar-refractivity contribution in [2.45, 2.75) is 56.8 Å². The van der Waals surface area contributed by atoms with Crippen LogP contribution in [0.25, 0.3) is 0 Å². The van der Waals surface area contributed by atoms with E-state index in [1.54, 1.807) is 0 Å². The molecule has 3 fully saturated rings. The molecule has 3 saturated heterocycles. The molecular weight excluding hydrogens is 268 g/mol. The molecule has 114 valence electrons. The molecule has 3 aliphatic rings. The first-order valence-corrected chi connectivity index (χ1v) is 6.79. The lowest BCUT2D eigenvalue weighted by Gasteiger charge is -2.27. The number of cyclic esters (lactones) is 1. The molecule has 3 rings (SSSR count). The van der Waals surface area contributed by atoms with E-state index in [0.717, 1.165) is 0 Å². The van der Waals surface area contributed by atoms with Crippen LogP contribution < -0.4 is 0 Å². The van der Waals surface area contributed by atoms with Gasteiger partial charge in [-0.2, -0.15) is 0 Å². The lowest BCUT2D eigenvalue weighted by molar-refractivity contribution is -0.239. The van der Waals surface area contributed by atoms with Gasteiger partial charge in [0, 0.05) is 13.0 Å². The highest BCUT2D eigenvalue weighted by molar-refractivity contribution is 5.72. The van der Waals surface area contributed by atoms with Crippen LogP contribution in [0.3, 0.4) is 0 Å². The Morgan fingerprint density at radius 2 is 1.95 bits per heavy atom. The molecule has 0 saturated carbocycles. The van der Waals surface area contributed by atoms with Crippen molar-refractivity contribution in [1.82, 2.24) is 0 Å². The maximum absolute atomic E-state index is 11.5. The molecule has 20 heavy (non-hydrogen) atoms. The third-order valence-electron chi connectivity index (χ3n) is 4.00. The minimum atomic E-state index is -0.731. The summed E-state index contributed by atoms with van der Waals surface area (Å²) in [6.07, 6.45) is -2.13. The van der Waals surface area contributed by atoms with Crippen LogP contribution in [-0.4, -0.2) is 61.3 Å². The van der Waals surface area contributed by atoms with E-state index in [1.807, 2.05) is 13.8 Å². The molecule has 1 N–H and O–H groups in total. The Balaban J connectivity index is 1.81. The van der Waals surface area contributed by atoms with Gasteiger partial charge in [0.2, 0.25) is 0 Å². The Hall–Kier alpha value is -0.730. The minimum absolute atomic E-state index is 0.129. The molecular formula is C13H20O7. The first-order valence-electron chi connectivity index (χ1n) is 6.79. The first-order chi connectivity index (χ1) is 9.45. The van der Waals surface area contributed by atoms with Crippen molar-refractivity contribution in [3.05, 3.63) is 0 Å². The Morgan fingerprint density at radius 3 is 2.60 bits per heavy atom. The Bertz CT molecular complexity index is 396. The number of rotatable bonds is 3. The summed E-state index contributed by atoms with van der Waals surface area (Å²) in [5.41, 5.74) is 0. The zero-order valence-corrected chi connectivity index (χ0v) is 11.8. The van der Waals surface area contributed by atoms with Crippen LogP contribution in [-0.2, 0) is 28.5 Å². The van der Waals surface area contributed by atoms with Gasteiger partial charge in [-0.1, -0.05) is 0 Å². The number of methoxy groups -OCH3 is 1. The zero-order valence-electron chi connectivity index (χ0n) is 11.8. The van der Waals surface area contributed by atoms with Gasteiger partial charge in [-0.25, -0.2) is 0 Å². The van der Waals surface area contributed by atoms with Gasteiger partial charge >= 0.3 is 5.97 Å². The van der Waals surface area contributed by atoms with Crippen LogP contribution in [0.2, 0.25) is 0 Å². The second kappa shape index (κ2) is 4.92. The first kappa shape index (κ1) is 14.2. The van der Waals surface area contributed by atoms with Gasteiger partial charge in [0.05, 0.1) is 13.0 Å². The zero-order chi connectivity index (χ0) is 14.5. The van der Waals surface area contributed by atoms with Gasteiger partial charge in [-0.3, -0.25) is 4.79 Å². The summed E-state index contributed by atoms with van der Waals surface area (Å²) in [7, 11) is 1.53. The fourth-order valence-electron chi connectivity index (χ4n) is 3.18. The maximum Gasteiger partial charge on any atom is 0.306 e. The van der Waals surface area contributed by atoms with E-state index in [2.05, 4.69) is 0 Å². The number of fused-ring (bicyclic) bond motifs is 1. The fourth-order valence-corrected chi connectivity index (χ4v) is 3.18. The van der Waals surface area contributed by atoms with E-state index in [9.17, 15) is 9.90 Å². The average molecular weight is 288 g/mol. The van der Waals surface area contributed by atoms with E-state index in [4.69, 9.17) is 23.7 Å². The predicted molar refractivity (Wildman–Crippen MR) is 64.6 cm³/mol. The number of hydrogen-bond donors (Lipinski definition) is 1. The highest BCUT2D eigenvalue weighted by Gasteiger charge is 2.60. The second-order valence-electron chi connectivity index (χ2n) is 5.87. The van der Waals surface area contributed by atoms with Crippen molar-refractivity contribution in [1.29, 1.82) is 0 Å². The van der Waals surface area contributed by atoms with Gasteiger partial charge in [-0.05, 0) is 13.8 Å². The molecule has 0 aliphatic carbocycles. The lowest BCUT2D eigenvalue weighted by atomic mass is 9.94. The minimum Gasteiger partial charge on any atom is -0.459 e. The SMILES string of the molecule is CO[C@H]1O[C@H]([C@@H]2OC(=O)CC2CO)[C@@H]2OC(C)(C)O[C@H]12. The fraction of sp³-hybridized carbons (Fsp3) is 0.923. The topological polar surface area (TPSA) is 83.5 Å². The molecule has 3 heterocycles. The Kier molecular flexibility index (Phi) is 3.50. The van der Waals surface area contributed by atoms with Crippen LogP contribution in [0, 0.1) is 5.92 Å². The molecule has 0 bridgehead atoms. The van der Waals surface area contributed by atoms with Gasteiger partial charge < -0.3 is 28.8 Å². The second-order valence-corrected chi connectivity index (χ2v) is 5.87. The summed E-state index contributed by atoms with van der Waals surface area (Å²) in [6, 6.07) is 0. The van der Waals surface area contributed by atoms with Crippen molar-refractivity contribution < 1.29 is 33.6 Å². The lowest BCUT2D eigenvalue weighted by Crippen LogP contribution is -2.42. The van der Waals surface area contributed by atoms with Crippen molar-refractivity contribution >= 4 is 5.97 Å². The predicted octanol–water partition coefficient (Wildman–Crippen LogP) is -0.198. The molecule has 0 radical (unpaired) electrons. The third-order valence-corrected chi connectivity index (χ3v) is 4.00. The highest BCUT2D eigenvalue weighted by atomic mass is 16.8. The highest BCUT2D eigenvalue weighted by Crippen LogP contribution is 2.42. The molecule has 3 aliphatic heterocycles. The summed E-state index contributed by atoms with van der Waals surface area (Å²) in [5.74, 6) is -1.34. The summed E-state index contributed by atoms with van der Waals surface area (Å²) in [6.45, 7) is 3.51. The molecule has 7 nitrogen and oxygen atoms in total. The average Bonchev–Trinajstić information content (AvgIpc) is 2.99. The number of hydrogen-bond acceptors (Lipinski definition) is 7. The van der Waals surface area contributed by atoms with Crippen LogP contribution in [0.15, 0.2) is 0 Å². The molecule has 7 heteroatoms. The van der Waals surface area contributed by atoms with E-state index in [1.165, 1.54) is 7.11 Å². The largest absolute Gasteiger partial charge is 0.459 e. The van der Waals surface area contributed by atoms with E-state index in [-0.39, 0.29) is 37.1 Å². The summed E-state index contributed by atoms with van der Waals surface area (Å²) >= 11 is 0.